The monoisotopic (exact) mass is 179 g/mol. The molecule has 2 heterocycles. The van der Waals surface area contributed by atoms with Gasteiger partial charge in [-0.15, -0.1) is 0 Å². The van der Waals surface area contributed by atoms with Crippen molar-refractivity contribution in [2.45, 2.75) is 6.42 Å². The van der Waals surface area contributed by atoms with Gasteiger partial charge in [0.15, 0.2) is 0 Å². The summed E-state index contributed by atoms with van der Waals surface area (Å²) in [5.41, 5.74) is -0.303. The van der Waals surface area contributed by atoms with Crippen molar-refractivity contribution in [2.24, 2.45) is 0 Å². The van der Waals surface area contributed by atoms with Crippen molar-refractivity contribution in [3.05, 3.63) is 47.0 Å². The second-order valence-electron chi connectivity index (χ2n) is 2.59. The van der Waals surface area contributed by atoms with E-state index in [1.54, 1.807) is 12.1 Å². The lowest BCUT2D eigenvalue weighted by atomic mass is 10.3. The fourth-order valence-corrected chi connectivity index (χ4v) is 0.897. The summed E-state index contributed by atoms with van der Waals surface area (Å²) in [7, 11) is 0. The number of nitrogens with one attached hydrogen (secondary N) is 1. The molecule has 13 heavy (non-hydrogen) atoms. The van der Waals surface area contributed by atoms with E-state index in [9.17, 15) is 4.79 Å². The van der Waals surface area contributed by atoms with Gasteiger partial charge in [0.05, 0.1) is 6.26 Å². The van der Waals surface area contributed by atoms with Crippen molar-refractivity contribution in [1.29, 1.82) is 0 Å². The molecule has 0 saturated carbocycles. The van der Waals surface area contributed by atoms with Gasteiger partial charge in [-0.25, -0.2) is 4.79 Å². The summed E-state index contributed by atoms with van der Waals surface area (Å²) >= 11 is 0. The average molecular weight is 179 g/mol. The van der Waals surface area contributed by atoms with Crippen molar-refractivity contribution in [3.63, 3.8) is 0 Å². The van der Waals surface area contributed by atoms with E-state index in [0.29, 0.717) is 0 Å². The van der Waals surface area contributed by atoms with Crippen LogP contribution >= 0.6 is 0 Å². The van der Waals surface area contributed by atoms with Crippen LogP contribution in [0.3, 0.4) is 0 Å². The minimum absolute atomic E-state index is 0.303. The first kappa shape index (κ1) is 9.74. The Morgan fingerprint density at radius 2 is 2.23 bits per heavy atom. The summed E-state index contributed by atoms with van der Waals surface area (Å²) < 4.78 is 4.37. The van der Waals surface area contributed by atoms with Crippen LogP contribution in [0.4, 0.5) is 0 Å². The molecule has 0 spiro atoms. The number of rotatable bonds is 0. The summed E-state index contributed by atoms with van der Waals surface area (Å²) in [6.07, 6.45) is 6.92. The SMILES string of the molecule is C1=CCNCC1.O=c1cccco1. The van der Waals surface area contributed by atoms with E-state index in [1.807, 2.05) is 0 Å². The highest BCUT2D eigenvalue weighted by atomic mass is 16.4. The van der Waals surface area contributed by atoms with Crippen LogP contribution in [-0.2, 0) is 0 Å². The molecule has 0 aromatic carbocycles. The Morgan fingerprint density at radius 3 is 2.46 bits per heavy atom. The third-order valence-corrected chi connectivity index (χ3v) is 1.52. The third-order valence-electron chi connectivity index (χ3n) is 1.52. The Balaban J connectivity index is 0.000000132. The smallest absolute Gasteiger partial charge is 0.335 e. The molecule has 0 atom stereocenters. The molecule has 70 valence electrons. The van der Waals surface area contributed by atoms with Crippen LogP contribution in [0.5, 0.6) is 0 Å². The van der Waals surface area contributed by atoms with Crippen LogP contribution in [0.2, 0.25) is 0 Å². The molecule has 3 heteroatoms. The molecule has 0 aliphatic carbocycles. The highest BCUT2D eigenvalue weighted by molar-refractivity contribution is 4.88. The van der Waals surface area contributed by atoms with Crippen molar-refractivity contribution in [3.8, 4) is 0 Å². The first-order chi connectivity index (χ1) is 6.39. The Labute approximate surface area is 77.1 Å². The Kier molecular flexibility index (Phi) is 4.64. The van der Waals surface area contributed by atoms with Crippen molar-refractivity contribution in [1.82, 2.24) is 5.32 Å². The summed E-state index contributed by atoms with van der Waals surface area (Å²) in [6, 6.07) is 4.65. The third kappa shape index (κ3) is 4.98. The Morgan fingerprint density at radius 1 is 1.31 bits per heavy atom. The van der Waals surface area contributed by atoms with Crippen molar-refractivity contribution in [2.75, 3.05) is 13.1 Å². The van der Waals surface area contributed by atoms with Crippen molar-refractivity contribution >= 4 is 0 Å². The van der Waals surface area contributed by atoms with Crippen LogP contribution in [0.15, 0.2) is 45.8 Å². The zero-order chi connectivity index (χ0) is 9.36. The normalized spacial score (nSPS) is 14.5. The van der Waals surface area contributed by atoms with E-state index in [1.165, 1.54) is 18.8 Å². The Hall–Kier alpha value is -1.35. The lowest BCUT2D eigenvalue weighted by Crippen LogP contribution is -2.17. The predicted molar refractivity (Wildman–Crippen MR) is 51.6 cm³/mol. The van der Waals surface area contributed by atoms with Gasteiger partial charge in [0, 0.05) is 12.6 Å². The second kappa shape index (κ2) is 6.20. The first-order valence-corrected chi connectivity index (χ1v) is 4.29. The lowest BCUT2D eigenvalue weighted by molar-refractivity contribution is 0.511. The topological polar surface area (TPSA) is 42.2 Å². The summed E-state index contributed by atoms with van der Waals surface area (Å²) in [5, 5.41) is 3.20. The molecular weight excluding hydrogens is 166 g/mol. The van der Waals surface area contributed by atoms with E-state index in [0.717, 1.165) is 13.1 Å². The molecule has 1 aliphatic heterocycles. The van der Waals surface area contributed by atoms with Gasteiger partial charge < -0.3 is 9.73 Å². The molecule has 1 aromatic rings. The number of hydrogen-bond donors (Lipinski definition) is 1. The maximum Gasteiger partial charge on any atom is 0.335 e. The Bertz CT molecular complexity index is 278. The second-order valence-corrected chi connectivity index (χ2v) is 2.59. The van der Waals surface area contributed by atoms with Crippen LogP contribution in [0, 0.1) is 0 Å². The average Bonchev–Trinajstić information content (AvgIpc) is 2.22. The molecule has 0 unspecified atom stereocenters. The van der Waals surface area contributed by atoms with Crippen LogP contribution in [0.25, 0.3) is 0 Å². The van der Waals surface area contributed by atoms with Crippen LogP contribution < -0.4 is 10.9 Å². The van der Waals surface area contributed by atoms with Gasteiger partial charge in [-0.3, -0.25) is 0 Å². The summed E-state index contributed by atoms with van der Waals surface area (Å²) in [5.74, 6) is 0. The molecule has 2 rings (SSSR count). The maximum atomic E-state index is 10.1. The summed E-state index contributed by atoms with van der Waals surface area (Å²) in [4.78, 5) is 10.1. The van der Waals surface area contributed by atoms with Gasteiger partial charge in [-0.2, -0.15) is 0 Å². The molecule has 0 amide bonds. The molecular formula is C10H13NO2. The zero-order valence-corrected chi connectivity index (χ0v) is 7.40. The molecule has 1 aromatic heterocycles. The molecule has 0 fully saturated rings. The highest BCUT2D eigenvalue weighted by Gasteiger charge is 1.84. The molecule has 0 bridgehead atoms. The molecule has 1 N–H and O–H groups in total. The van der Waals surface area contributed by atoms with E-state index in [4.69, 9.17) is 0 Å². The highest BCUT2D eigenvalue weighted by Crippen LogP contribution is 1.84. The molecule has 3 nitrogen and oxygen atoms in total. The largest absolute Gasteiger partial charge is 0.431 e. The van der Waals surface area contributed by atoms with Gasteiger partial charge in [0.1, 0.15) is 0 Å². The van der Waals surface area contributed by atoms with Gasteiger partial charge >= 0.3 is 5.63 Å². The molecule has 0 radical (unpaired) electrons. The van der Waals surface area contributed by atoms with E-state index >= 15 is 0 Å². The molecule has 1 aliphatic rings. The lowest BCUT2D eigenvalue weighted by Gasteiger charge is -2.01. The minimum Gasteiger partial charge on any atom is -0.431 e. The summed E-state index contributed by atoms with van der Waals surface area (Å²) in [6.45, 7) is 2.23. The number of hydrogen-bond acceptors (Lipinski definition) is 3. The van der Waals surface area contributed by atoms with Gasteiger partial charge in [-0.1, -0.05) is 18.2 Å². The quantitative estimate of drug-likeness (QED) is 0.608. The minimum atomic E-state index is -0.303. The molecule has 0 saturated heterocycles. The predicted octanol–water partition coefficient (Wildman–Crippen LogP) is 1.18. The fraction of sp³-hybridized carbons (Fsp3) is 0.300. The zero-order valence-electron chi connectivity index (χ0n) is 7.40. The first-order valence-electron chi connectivity index (χ1n) is 4.29. The van der Waals surface area contributed by atoms with E-state index in [2.05, 4.69) is 21.9 Å². The van der Waals surface area contributed by atoms with Gasteiger partial charge in [0.2, 0.25) is 0 Å². The van der Waals surface area contributed by atoms with Gasteiger partial charge in [-0.05, 0) is 19.0 Å². The van der Waals surface area contributed by atoms with Crippen molar-refractivity contribution < 1.29 is 4.42 Å². The van der Waals surface area contributed by atoms with Gasteiger partial charge in [0.25, 0.3) is 0 Å². The standard InChI is InChI=1S/C5H9N.C5H4O2/c1-2-4-6-5-3-1;6-5-3-1-2-4-7-5/h1-2,6H,3-5H2;1-4H. The maximum absolute atomic E-state index is 10.1. The van der Waals surface area contributed by atoms with Crippen LogP contribution in [-0.4, -0.2) is 13.1 Å². The van der Waals surface area contributed by atoms with E-state index < -0.39 is 0 Å². The fourth-order valence-electron chi connectivity index (χ4n) is 0.897. The van der Waals surface area contributed by atoms with Crippen LogP contribution in [0.1, 0.15) is 6.42 Å². The van der Waals surface area contributed by atoms with E-state index in [-0.39, 0.29) is 5.63 Å².